The number of hydrogen-bond acceptors (Lipinski definition) is 5. The first-order chi connectivity index (χ1) is 13.7. The molecule has 3 rings (SSSR count). The maximum atomic E-state index is 12.1. The van der Waals surface area contributed by atoms with Crippen molar-refractivity contribution >= 4 is 11.6 Å². The van der Waals surface area contributed by atoms with E-state index in [1.165, 1.54) is 12.8 Å². The van der Waals surface area contributed by atoms with Crippen molar-refractivity contribution in [3.05, 3.63) is 29.8 Å². The third-order valence-electron chi connectivity index (χ3n) is 5.86. The predicted molar refractivity (Wildman–Crippen MR) is 112 cm³/mol. The molecular formula is C22H33N5O. The molecule has 0 aliphatic carbocycles. The van der Waals surface area contributed by atoms with Crippen LogP contribution in [0.5, 0.6) is 0 Å². The average molecular weight is 384 g/mol. The van der Waals surface area contributed by atoms with Gasteiger partial charge in [0.2, 0.25) is 5.91 Å². The van der Waals surface area contributed by atoms with E-state index in [0.29, 0.717) is 24.2 Å². The summed E-state index contributed by atoms with van der Waals surface area (Å²) in [6.07, 6.45) is 5.78. The van der Waals surface area contributed by atoms with E-state index in [2.05, 4.69) is 33.4 Å². The summed E-state index contributed by atoms with van der Waals surface area (Å²) in [5, 5.41) is 15.3. The van der Waals surface area contributed by atoms with Crippen LogP contribution < -0.4 is 10.6 Å². The Morgan fingerprint density at radius 2 is 1.86 bits per heavy atom. The molecule has 1 aromatic carbocycles. The summed E-state index contributed by atoms with van der Waals surface area (Å²) < 4.78 is 0. The maximum absolute atomic E-state index is 12.1. The van der Waals surface area contributed by atoms with Crippen LogP contribution in [0.3, 0.4) is 0 Å². The van der Waals surface area contributed by atoms with Gasteiger partial charge in [-0.3, -0.25) is 14.6 Å². The zero-order valence-corrected chi connectivity index (χ0v) is 17.0. The standard InChI is InChI=1S/C22H33N5O/c1-2-3-11-25-22(28)17-26-15-20-9-10-21(16-26)27(20)13-4-12-24-19-7-5-18(14-23)6-8-19/h5-8,20-21,24H,2-4,9-13,15-17H2,1H3,(H,25,28). The van der Waals surface area contributed by atoms with Crippen LogP contribution in [-0.2, 0) is 4.79 Å². The zero-order valence-electron chi connectivity index (χ0n) is 17.0. The van der Waals surface area contributed by atoms with Crippen molar-refractivity contribution in [1.82, 2.24) is 15.1 Å². The van der Waals surface area contributed by atoms with Gasteiger partial charge in [0, 0.05) is 50.5 Å². The molecule has 2 unspecified atom stereocenters. The summed E-state index contributed by atoms with van der Waals surface area (Å²) in [5.41, 5.74) is 1.76. The van der Waals surface area contributed by atoms with E-state index in [9.17, 15) is 4.79 Å². The largest absolute Gasteiger partial charge is 0.385 e. The second kappa shape index (κ2) is 10.4. The molecule has 1 aromatic rings. The molecule has 0 saturated carbocycles. The van der Waals surface area contributed by atoms with E-state index >= 15 is 0 Å². The van der Waals surface area contributed by atoms with Crippen LogP contribution in [-0.4, -0.2) is 67.1 Å². The van der Waals surface area contributed by atoms with Gasteiger partial charge in [0.15, 0.2) is 0 Å². The number of rotatable bonds is 10. The number of unbranched alkanes of at least 4 members (excludes halogenated alkanes) is 1. The molecule has 6 heteroatoms. The van der Waals surface area contributed by atoms with E-state index < -0.39 is 0 Å². The van der Waals surface area contributed by atoms with Crippen molar-refractivity contribution < 1.29 is 4.79 Å². The van der Waals surface area contributed by atoms with Crippen molar-refractivity contribution in [1.29, 1.82) is 5.26 Å². The number of anilines is 1. The van der Waals surface area contributed by atoms with E-state index in [-0.39, 0.29) is 5.91 Å². The van der Waals surface area contributed by atoms with Crippen molar-refractivity contribution in [3.63, 3.8) is 0 Å². The van der Waals surface area contributed by atoms with Gasteiger partial charge in [0.1, 0.15) is 0 Å². The Morgan fingerprint density at radius 3 is 2.50 bits per heavy atom. The number of nitrogens with one attached hydrogen (secondary N) is 2. The molecule has 2 aliphatic heterocycles. The maximum Gasteiger partial charge on any atom is 0.234 e. The van der Waals surface area contributed by atoms with Gasteiger partial charge in [-0.1, -0.05) is 13.3 Å². The number of carbonyl (C=O) groups excluding carboxylic acids is 1. The Hall–Kier alpha value is -2.10. The highest BCUT2D eigenvalue weighted by Crippen LogP contribution is 2.30. The fourth-order valence-corrected chi connectivity index (χ4v) is 4.39. The third-order valence-corrected chi connectivity index (χ3v) is 5.86. The van der Waals surface area contributed by atoms with Crippen LogP contribution >= 0.6 is 0 Å². The lowest BCUT2D eigenvalue weighted by molar-refractivity contribution is -0.123. The number of likely N-dealkylation sites (tertiary alicyclic amines) is 1. The summed E-state index contributed by atoms with van der Waals surface area (Å²) in [5.74, 6) is 0.174. The number of carbonyl (C=O) groups is 1. The Labute approximate surface area is 168 Å². The molecule has 2 fully saturated rings. The van der Waals surface area contributed by atoms with Gasteiger partial charge in [0.25, 0.3) is 0 Å². The number of nitrogens with zero attached hydrogens (tertiary/aromatic N) is 3. The molecule has 152 valence electrons. The van der Waals surface area contributed by atoms with Gasteiger partial charge in [-0.2, -0.15) is 5.26 Å². The smallest absolute Gasteiger partial charge is 0.234 e. The van der Waals surface area contributed by atoms with Gasteiger partial charge in [-0.25, -0.2) is 0 Å². The van der Waals surface area contributed by atoms with Crippen LogP contribution in [0, 0.1) is 11.3 Å². The molecular weight excluding hydrogens is 350 g/mol. The lowest BCUT2D eigenvalue weighted by Crippen LogP contribution is -2.55. The monoisotopic (exact) mass is 383 g/mol. The third kappa shape index (κ3) is 5.70. The molecule has 2 saturated heterocycles. The fourth-order valence-electron chi connectivity index (χ4n) is 4.39. The van der Waals surface area contributed by atoms with Crippen molar-refractivity contribution in [3.8, 4) is 6.07 Å². The highest BCUT2D eigenvalue weighted by molar-refractivity contribution is 5.78. The van der Waals surface area contributed by atoms with Crippen molar-refractivity contribution in [2.75, 3.05) is 44.6 Å². The minimum Gasteiger partial charge on any atom is -0.385 e. The molecule has 0 spiro atoms. The molecule has 2 N–H and O–H groups in total. The molecule has 28 heavy (non-hydrogen) atoms. The van der Waals surface area contributed by atoms with Gasteiger partial charge in [-0.15, -0.1) is 0 Å². The second-order valence-electron chi connectivity index (χ2n) is 7.99. The lowest BCUT2D eigenvalue weighted by Gasteiger charge is -2.40. The normalized spacial score (nSPS) is 22.0. The Morgan fingerprint density at radius 1 is 1.14 bits per heavy atom. The first-order valence-corrected chi connectivity index (χ1v) is 10.7. The Balaban J connectivity index is 1.36. The highest BCUT2D eigenvalue weighted by Gasteiger charge is 2.39. The number of benzene rings is 1. The predicted octanol–water partition coefficient (Wildman–Crippen LogP) is 2.43. The minimum atomic E-state index is 0.174. The molecule has 2 aliphatic rings. The summed E-state index contributed by atoms with van der Waals surface area (Å²) in [4.78, 5) is 17.1. The van der Waals surface area contributed by atoms with E-state index in [1.54, 1.807) is 0 Å². The molecule has 2 heterocycles. The van der Waals surface area contributed by atoms with Crippen LogP contribution in [0.15, 0.2) is 24.3 Å². The van der Waals surface area contributed by atoms with Gasteiger partial charge >= 0.3 is 0 Å². The quantitative estimate of drug-likeness (QED) is 0.607. The number of piperazine rings is 1. The molecule has 1 amide bonds. The summed E-state index contributed by atoms with van der Waals surface area (Å²) in [7, 11) is 0. The van der Waals surface area contributed by atoms with Gasteiger partial charge in [0.05, 0.1) is 18.2 Å². The van der Waals surface area contributed by atoms with Crippen LogP contribution in [0.1, 0.15) is 44.6 Å². The molecule has 0 radical (unpaired) electrons. The SMILES string of the molecule is CCCCNC(=O)CN1CC2CCC(C1)N2CCCNc1ccc(C#N)cc1. The van der Waals surface area contributed by atoms with E-state index in [1.807, 2.05) is 24.3 Å². The first kappa shape index (κ1) is 20.6. The Bertz CT molecular complexity index is 654. The van der Waals surface area contributed by atoms with E-state index in [0.717, 1.165) is 57.7 Å². The lowest BCUT2D eigenvalue weighted by atomic mass is 10.1. The fraction of sp³-hybridized carbons (Fsp3) is 0.636. The highest BCUT2D eigenvalue weighted by atomic mass is 16.2. The summed E-state index contributed by atoms with van der Waals surface area (Å²) >= 11 is 0. The molecule has 0 aromatic heterocycles. The summed E-state index contributed by atoms with van der Waals surface area (Å²) in [6, 6.07) is 11.0. The average Bonchev–Trinajstić information content (AvgIpc) is 2.94. The van der Waals surface area contributed by atoms with Gasteiger partial charge in [-0.05, 0) is 49.9 Å². The minimum absolute atomic E-state index is 0.174. The van der Waals surface area contributed by atoms with Crippen molar-refractivity contribution in [2.24, 2.45) is 0 Å². The summed E-state index contributed by atoms with van der Waals surface area (Å²) in [6.45, 7) is 7.56. The van der Waals surface area contributed by atoms with Crippen LogP contribution in [0.4, 0.5) is 5.69 Å². The van der Waals surface area contributed by atoms with Gasteiger partial charge < -0.3 is 10.6 Å². The molecule has 6 nitrogen and oxygen atoms in total. The molecule has 2 bridgehead atoms. The number of hydrogen-bond donors (Lipinski definition) is 2. The van der Waals surface area contributed by atoms with Crippen molar-refractivity contribution in [2.45, 2.75) is 51.1 Å². The number of nitriles is 1. The van der Waals surface area contributed by atoms with Crippen LogP contribution in [0.2, 0.25) is 0 Å². The van der Waals surface area contributed by atoms with E-state index in [4.69, 9.17) is 5.26 Å². The number of fused-ring (bicyclic) bond motifs is 2. The number of amides is 1. The van der Waals surface area contributed by atoms with Crippen LogP contribution in [0.25, 0.3) is 0 Å². The molecule has 2 atom stereocenters. The topological polar surface area (TPSA) is 71.4 Å². The Kier molecular flexibility index (Phi) is 7.70. The zero-order chi connectivity index (χ0) is 19.8. The second-order valence-corrected chi connectivity index (χ2v) is 7.99. The first-order valence-electron chi connectivity index (χ1n) is 10.7.